The van der Waals surface area contributed by atoms with Crippen LogP contribution in [0.4, 0.5) is 11.6 Å². The van der Waals surface area contributed by atoms with E-state index in [1.807, 2.05) is 18.2 Å². The molecule has 0 unspecified atom stereocenters. The average molecular weight is 230 g/mol. The summed E-state index contributed by atoms with van der Waals surface area (Å²) in [6, 6.07) is 7.72. The van der Waals surface area contributed by atoms with Crippen LogP contribution in [0.1, 0.15) is 26.2 Å². The lowest BCUT2D eigenvalue weighted by atomic mass is 10.2. The number of hydrogen-bond donors (Lipinski definition) is 2. The summed E-state index contributed by atoms with van der Waals surface area (Å²) in [5.74, 6) is 1.37. The Bertz CT molecular complexity index is 496. The van der Waals surface area contributed by atoms with E-state index in [0.717, 1.165) is 17.7 Å². The Morgan fingerprint density at radius 2 is 1.94 bits per heavy atom. The molecule has 2 aromatic rings. The first-order valence-corrected chi connectivity index (χ1v) is 6.07. The molecule has 90 valence electrons. The van der Waals surface area contributed by atoms with E-state index in [1.165, 1.54) is 19.3 Å². The Labute approximate surface area is 101 Å². The first kappa shape index (κ1) is 11.6. The molecule has 0 aliphatic carbocycles. The van der Waals surface area contributed by atoms with Crippen molar-refractivity contribution in [3.8, 4) is 0 Å². The van der Waals surface area contributed by atoms with Gasteiger partial charge < -0.3 is 11.1 Å². The van der Waals surface area contributed by atoms with Crippen molar-refractivity contribution in [2.45, 2.75) is 26.2 Å². The molecule has 0 aliphatic heterocycles. The monoisotopic (exact) mass is 230 g/mol. The van der Waals surface area contributed by atoms with Gasteiger partial charge in [0.05, 0.1) is 0 Å². The Balaban J connectivity index is 2.08. The maximum atomic E-state index is 5.64. The maximum Gasteiger partial charge on any atom is 0.163 e. The van der Waals surface area contributed by atoms with Gasteiger partial charge in [-0.1, -0.05) is 19.8 Å². The van der Waals surface area contributed by atoms with Crippen LogP contribution < -0.4 is 11.1 Å². The molecule has 4 nitrogen and oxygen atoms in total. The second-order valence-corrected chi connectivity index (χ2v) is 4.11. The summed E-state index contributed by atoms with van der Waals surface area (Å²) < 4.78 is 0. The molecule has 0 amide bonds. The molecule has 0 atom stereocenters. The highest BCUT2D eigenvalue weighted by atomic mass is 15.0. The largest absolute Gasteiger partial charge is 0.384 e. The van der Waals surface area contributed by atoms with Crippen molar-refractivity contribution >= 4 is 22.7 Å². The van der Waals surface area contributed by atoms with E-state index in [1.54, 1.807) is 6.07 Å². The molecule has 0 bridgehead atoms. The predicted molar refractivity (Wildman–Crippen MR) is 72.0 cm³/mol. The van der Waals surface area contributed by atoms with Gasteiger partial charge in [-0.15, -0.1) is 0 Å². The van der Waals surface area contributed by atoms with E-state index in [2.05, 4.69) is 22.2 Å². The van der Waals surface area contributed by atoms with Gasteiger partial charge in [-0.05, 0) is 30.7 Å². The molecule has 2 heterocycles. The van der Waals surface area contributed by atoms with Gasteiger partial charge in [0.1, 0.15) is 11.6 Å². The third-order valence-electron chi connectivity index (χ3n) is 2.66. The number of unbranched alkanes of at least 4 members (excludes halogenated alkanes) is 2. The van der Waals surface area contributed by atoms with Gasteiger partial charge in [0.25, 0.3) is 0 Å². The molecule has 0 aliphatic rings. The third kappa shape index (κ3) is 3.06. The molecule has 0 spiro atoms. The summed E-state index contributed by atoms with van der Waals surface area (Å²) in [5.41, 5.74) is 6.34. The van der Waals surface area contributed by atoms with Crippen LogP contribution >= 0.6 is 0 Å². The number of nitrogen functional groups attached to an aromatic ring is 1. The normalized spacial score (nSPS) is 10.6. The molecule has 2 aromatic heterocycles. The zero-order chi connectivity index (χ0) is 12.1. The lowest BCUT2D eigenvalue weighted by molar-refractivity contribution is 0.742. The smallest absolute Gasteiger partial charge is 0.163 e. The van der Waals surface area contributed by atoms with E-state index in [0.29, 0.717) is 11.5 Å². The first-order chi connectivity index (χ1) is 8.29. The van der Waals surface area contributed by atoms with Crippen molar-refractivity contribution in [3.63, 3.8) is 0 Å². The van der Waals surface area contributed by atoms with E-state index in [-0.39, 0.29) is 0 Å². The zero-order valence-electron chi connectivity index (χ0n) is 10.1. The lowest BCUT2D eigenvalue weighted by Crippen LogP contribution is -2.03. The molecule has 4 heteroatoms. The van der Waals surface area contributed by atoms with Gasteiger partial charge in [0.15, 0.2) is 5.65 Å². The quantitative estimate of drug-likeness (QED) is 0.775. The number of rotatable bonds is 5. The van der Waals surface area contributed by atoms with E-state index >= 15 is 0 Å². The van der Waals surface area contributed by atoms with Crippen LogP contribution in [0.15, 0.2) is 24.3 Å². The first-order valence-electron chi connectivity index (χ1n) is 6.07. The van der Waals surface area contributed by atoms with Crippen LogP contribution in [0.5, 0.6) is 0 Å². The summed E-state index contributed by atoms with van der Waals surface area (Å²) in [5, 5.41) is 4.31. The molecular formula is C13H18N4. The summed E-state index contributed by atoms with van der Waals surface area (Å²) in [4.78, 5) is 8.64. The standard InChI is InChI=1S/C13H18N4/c1-2-3-4-9-15-12-8-6-10-5-7-11(14)16-13(10)17-12/h5-8H,2-4,9H2,1H3,(H3,14,15,16,17). The molecule has 0 saturated carbocycles. The minimum atomic E-state index is 0.508. The van der Waals surface area contributed by atoms with Crippen molar-refractivity contribution in [1.29, 1.82) is 0 Å². The number of aromatic nitrogens is 2. The summed E-state index contributed by atoms with van der Waals surface area (Å²) in [7, 11) is 0. The fourth-order valence-electron chi connectivity index (χ4n) is 1.70. The number of nitrogens with two attached hydrogens (primary N) is 1. The second kappa shape index (κ2) is 5.48. The highest BCUT2D eigenvalue weighted by Gasteiger charge is 1.99. The van der Waals surface area contributed by atoms with Crippen LogP contribution in [0.3, 0.4) is 0 Å². The summed E-state index contributed by atoms with van der Waals surface area (Å²) in [6.07, 6.45) is 3.64. The van der Waals surface area contributed by atoms with Gasteiger partial charge in [-0.2, -0.15) is 0 Å². The van der Waals surface area contributed by atoms with Crippen LogP contribution in [0.25, 0.3) is 11.0 Å². The highest BCUT2D eigenvalue weighted by molar-refractivity contribution is 5.77. The number of nitrogens with one attached hydrogen (secondary N) is 1. The molecule has 0 aromatic carbocycles. The van der Waals surface area contributed by atoms with Crippen LogP contribution in [-0.2, 0) is 0 Å². The average Bonchev–Trinajstić information content (AvgIpc) is 2.34. The molecule has 3 N–H and O–H groups in total. The number of anilines is 2. The van der Waals surface area contributed by atoms with Crippen LogP contribution in [-0.4, -0.2) is 16.5 Å². The van der Waals surface area contributed by atoms with Crippen molar-refractivity contribution in [2.75, 3.05) is 17.6 Å². The molecular weight excluding hydrogens is 212 g/mol. The van der Waals surface area contributed by atoms with Gasteiger partial charge in [-0.3, -0.25) is 0 Å². The number of hydrogen-bond acceptors (Lipinski definition) is 4. The fraction of sp³-hybridized carbons (Fsp3) is 0.385. The lowest BCUT2D eigenvalue weighted by Gasteiger charge is -2.06. The zero-order valence-corrected chi connectivity index (χ0v) is 10.1. The van der Waals surface area contributed by atoms with E-state index in [9.17, 15) is 0 Å². The Morgan fingerprint density at radius 1 is 1.12 bits per heavy atom. The van der Waals surface area contributed by atoms with Crippen LogP contribution in [0.2, 0.25) is 0 Å². The Morgan fingerprint density at radius 3 is 2.76 bits per heavy atom. The molecule has 0 radical (unpaired) electrons. The number of nitrogens with zero attached hydrogens (tertiary/aromatic N) is 2. The SMILES string of the molecule is CCCCCNc1ccc2ccc(N)nc2n1. The fourth-order valence-corrected chi connectivity index (χ4v) is 1.70. The minimum Gasteiger partial charge on any atom is -0.384 e. The van der Waals surface area contributed by atoms with Gasteiger partial charge in [0, 0.05) is 11.9 Å². The molecule has 2 rings (SSSR count). The third-order valence-corrected chi connectivity index (χ3v) is 2.66. The van der Waals surface area contributed by atoms with Gasteiger partial charge in [-0.25, -0.2) is 9.97 Å². The topological polar surface area (TPSA) is 63.8 Å². The molecule has 0 saturated heterocycles. The molecule has 17 heavy (non-hydrogen) atoms. The van der Waals surface area contributed by atoms with E-state index in [4.69, 9.17) is 5.73 Å². The van der Waals surface area contributed by atoms with Gasteiger partial charge in [0.2, 0.25) is 0 Å². The maximum absolute atomic E-state index is 5.64. The van der Waals surface area contributed by atoms with Gasteiger partial charge >= 0.3 is 0 Å². The van der Waals surface area contributed by atoms with Crippen molar-refractivity contribution in [1.82, 2.24) is 9.97 Å². The molecule has 0 fully saturated rings. The van der Waals surface area contributed by atoms with E-state index < -0.39 is 0 Å². The predicted octanol–water partition coefficient (Wildman–Crippen LogP) is 2.81. The van der Waals surface area contributed by atoms with Crippen molar-refractivity contribution in [2.24, 2.45) is 0 Å². The Kier molecular flexibility index (Phi) is 3.75. The number of fused-ring (bicyclic) bond motifs is 1. The van der Waals surface area contributed by atoms with Crippen LogP contribution in [0, 0.1) is 0 Å². The highest BCUT2D eigenvalue weighted by Crippen LogP contribution is 2.14. The number of pyridine rings is 2. The van der Waals surface area contributed by atoms with Crippen molar-refractivity contribution in [3.05, 3.63) is 24.3 Å². The second-order valence-electron chi connectivity index (χ2n) is 4.11. The minimum absolute atomic E-state index is 0.508. The van der Waals surface area contributed by atoms with Crippen molar-refractivity contribution < 1.29 is 0 Å². The summed E-state index contributed by atoms with van der Waals surface area (Å²) in [6.45, 7) is 3.15. The Hall–Kier alpha value is -1.84. The summed E-state index contributed by atoms with van der Waals surface area (Å²) >= 11 is 0.